The summed E-state index contributed by atoms with van der Waals surface area (Å²) in [6.45, 7) is 0. The van der Waals surface area contributed by atoms with Crippen molar-refractivity contribution in [2.24, 2.45) is 0 Å². The molecule has 0 aliphatic carbocycles. The Hall–Kier alpha value is -2.33. The molecule has 0 radical (unpaired) electrons. The van der Waals surface area contributed by atoms with E-state index in [0.717, 1.165) is 27.8 Å². The van der Waals surface area contributed by atoms with Crippen molar-refractivity contribution in [3.63, 3.8) is 0 Å². The molecule has 102 valence electrons. The van der Waals surface area contributed by atoms with Crippen LogP contribution in [0.4, 0.5) is 0 Å². The summed E-state index contributed by atoms with van der Waals surface area (Å²) in [5, 5.41) is 2.30. The van der Waals surface area contributed by atoms with Crippen LogP contribution in [-0.2, 0) is 4.74 Å². The highest BCUT2D eigenvalue weighted by atomic mass is 16.5. The van der Waals surface area contributed by atoms with Crippen LogP contribution in [-0.4, -0.2) is 24.2 Å². The van der Waals surface area contributed by atoms with E-state index in [9.17, 15) is 0 Å². The van der Waals surface area contributed by atoms with Gasteiger partial charge in [0.15, 0.2) is 0 Å². The molecule has 4 heteroatoms. The normalized spacial score (nSPS) is 12.5. The van der Waals surface area contributed by atoms with Gasteiger partial charge in [0.25, 0.3) is 0 Å². The topological polar surface area (TPSA) is 47.1 Å². The number of fused-ring (bicyclic) bond motifs is 1. The number of hydrogen-bond acceptors (Lipinski definition) is 3. The van der Waals surface area contributed by atoms with Crippen LogP contribution in [0.3, 0.4) is 0 Å². The third kappa shape index (κ3) is 2.26. The number of ether oxygens (including phenoxy) is 2. The molecule has 0 spiro atoms. The summed E-state index contributed by atoms with van der Waals surface area (Å²) in [6, 6.07) is 12.3. The fourth-order valence-electron chi connectivity index (χ4n) is 2.38. The molecule has 4 nitrogen and oxygen atoms in total. The van der Waals surface area contributed by atoms with Gasteiger partial charge in [-0.15, -0.1) is 0 Å². The number of nitrogens with zero attached hydrogens (tertiary/aromatic N) is 1. The van der Waals surface area contributed by atoms with E-state index in [4.69, 9.17) is 9.47 Å². The van der Waals surface area contributed by atoms with Crippen LogP contribution >= 0.6 is 0 Å². The Kier molecular flexibility index (Phi) is 3.39. The smallest absolute Gasteiger partial charge is 0.126 e. The Morgan fingerprint density at radius 3 is 2.55 bits per heavy atom. The maximum absolute atomic E-state index is 5.57. The summed E-state index contributed by atoms with van der Waals surface area (Å²) in [6.07, 6.45) is 3.35. The lowest BCUT2D eigenvalue weighted by atomic mass is 10.0. The number of aromatic nitrogens is 2. The molecule has 2 aromatic carbocycles. The second kappa shape index (κ2) is 5.35. The fourth-order valence-corrected chi connectivity index (χ4v) is 2.38. The minimum absolute atomic E-state index is 0.159. The van der Waals surface area contributed by atoms with Gasteiger partial charge in [-0.1, -0.05) is 18.2 Å². The summed E-state index contributed by atoms with van der Waals surface area (Å²) in [5.74, 6) is 0.862. The summed E-state index contributed by atoms with van der Waals surface area (Å²) < 4.78 is 10.8. The molecule has 1 heterocycles. The van der Waals surface area contributed by atoms with Crippen LogP contribution in [0.5, 0.6) is 5.75 Å². The molecule has 3 rings (SSSR count). The number of hydrogen-bond donors (Lipinski definition) is 1. The number of aromatic amines is 1. The van der Waals surface area contributed by atoms with E-state index in [1.807, 2.05) is 18.3 Å². The van der Waals surface area contributed by atoms with Gasteiger partial charge in [-0.2, -0.15) is 0 Å². The first kappa shape index (κ1) is 12.7. The zero-order chi connectivity index (χ0) is 13.9. The standard InChI is InChI=1S/C16H16N2O2/c1-19-14-6-5-11-7-13(4-3-12(11)8-14)16(20-2)15-9-17-10-18-15/h3-10,16H,1-2H3,(H,17,18). The quantitative estimate of drug-likeness (QED) is 0.789. The molecule has 3 aromatic rings. The van der Waals surface area contributed by atoms with E-state index in [1.165, 1.54) is 0 Å². The molecule has 1 atom stereocenters. The Balaban J connectivity index is 2.04. The molecule has 0 fully saturated rings. The van der Waals surface area contributed by atoms with Gasteiger partial charge < -0.3 is 14.5 Å². The van der Waals surface area contributed by atoms with Crippen LogP contribution in [0.15, 0.2) is 48.9 Å². The Morgan fingerprint density at radius 1 is 1.05 bits per heavy atom. The first-order valence-corrected chi connectivity index (χ1v) is 6.41. The van der Waals surface area contributed by atoms with Crippen molar-refractivity contribution in [2.75, 3.05) is 14.2 Å². The van der Waals surface area contributed by atoms with Crippen LogP contribution in [0.25, 0.3) is 10.8 Å². The van der Waals surface area contributed by atoms with E-state index in [-0.39, 0.29) is 6.10 Å². The average molecular weight is 268 g/mol. The molecule has 0 bridgehead atoms. The molecular formula is C16H16N2O2. The van der Waals surface area contributed by atoms with Crippen molar-refractivity contribution < 1.29 is 9.47 Å². The van der Waals surface area contributed by atoms with E-state index in [0.29, 0.717) is 0 Å². The Bertz CT molecular complexity index is 708. The van der Waals surface area contributed by atoms with Gasteiger partial charge in [-0.05, 0) is 34.5 Å². The predicted molar refractivity (Wildman–Crippen MR) is 77.9 cm³/mol. The number of nitrogens with one attached hydrogen (secondary N) is 1. The van der Waals surface area contributed by atoms with Gasteiger partial charge >= 0.3 is 0 Å². The van der Waals surface area contributed by atoms with Gasteiger partial charge in [0, 0.05) is 13.3 Å². The molecule has 0 saturated heterocycles. The van der Waals surface area contributed by atoms with Crippen LogP contribution in [0.2, 0.25) is 0 Å². The van der Waals surface area contributed by atoms with Crippen molar-refractivity contribution in [3.05, 3.63) is 60.2 Å². The third-order valence-electron chi connectivity index (χ3n) is 3.40. The highest BCUT2D eigenvalue weighted by Crippen LogP contribution is 2.28. The lowest BCUT2D eigenvalue weighted by Crippen LogP contribution is -2.03. The predicted octanol–water partition coefficient (Wildman–Crippen LogP) is 3.31. The van der Waals surface area contributed by atoms with Gasteiger partial charge in [0.1, 0.15) is 11.9 Å². The van der Waals surface area contributed by atoms with Crippen molar-refractivity contribution in [1.82, 2.24) is 9.97 Å². The monoisotopic (exact) mass is 268 g/mol. The molecule has 1 aromatic heterocycles. The molecule has 1 N–H and O–H groups in total. The van der Waals surface area contributed by atoms with Gasteiger partial charge in [-0.3, -0.25) is 0 Å². The largest absolute Gasteiger partial charge is 0.497 e. The first-order valence-electron chi connectivity index (χ1n) is 6.41. The highest BCUT2D eigenvalue weighted by Gasteiger charge is 2.15. The van der Waals surface area contributed by atoms with E-state index in [1.54, 1.807) is 20.5 Å². The fraction of sp³-hybridized carbons (Fsp3) is 0.188. The molecule has 1 unspecified atom stereocenters. The molecule has 0 aliphatic rings. The van der Waals surface area contributed by atoms with Gasteiger partial charge in [0.2, 0.25) is 0 Å². The highest BCUT2D eigenvalue weighted by molar-refractivity contribution is 5.84. The molecule has 0 saturated carbocycles. The second-order valence-electron chi connectivity index (χ2n) is 4.58. The summed E-state index contributed by atoms with van der Waals surface area (Å²) in [7, 11) is 3.37. The maximum atomic E-state index is 5.57. The lowest BCUT2D eigenvalue weighted by molar-refractivity contribution is 0.133. The number of rotatable bonds is 4. The van der Waals surface area contributed by atoms with Crippen LogP contribution in [0.1, 0.15) is 17.4 Å². The zero-order valence-electron chi connectivity index (χ0n) is 11.5. The number of benzene rings is 2. The number of methoxy groups -OCH3 is 2. The van der Waals surface area contributed by atoms with Crippen molar-refractivity contribution in [2.45, 2.75) is 6.10 Å². The second-order valence-corrected chi connectivity index (χ2v) is 4.58. The van der Waals surface area contributed by atoms with Crippen LogP contribution < -0.4 is 4.74 Å². The number of H-pyrrole nitrogens is 1. The minimum Gasteiger partial charge on any atom is -0.497 e. The Labute approximate surface area is 117 Å². The van der Waals surface area contributed by atoms with Crippen molar-refractivity contribution in [3.8, 4) is 5.75 Å². The molecule has 20 heavy (non-hydrogen) atoms. The third-order valence-corrected chi connectivity index (χ3v) is 3.40. The van der Waals surface area contributed by atoms with Crippen molar-refractivity contribution in [1.29, 1.82) is 0 Å². The average Bonchev–Trinajstić information content (AvgIpc) is 3.01. The van der Waals surface area contributed by atoms with Crippen molar-refractivity contribution >= 4 is 10.8 Å². The molecule has 0 aliphatic heterocycles. The van der Waals surface area contributed by atoms with Crippen LogP contribution in [0, 0.1) is 0 Å². The lowest BCUT2D eigenvalue weighted by Gasteiger charge is -2.14. The summed E-state index contributed by atoms with van der Waals surface area (Å²) >= 11 is 0. The number of imidazole rings is 1. The van der Waals surface area contributed by atoms with E-state index < -0.39 is 0 Å². The van der Waals surface area contributed by atoms with E-state index in [2.05, 4.69) is 34.2 Å². The first-order chi connectivity index (χ1) is 9.81. The van der Waals surface area contributed by atoms with E-state index >= 15 is 0 Å². The summed E-state index contributed by atoms with van der Waals surface area (Å²) in [4.78, 5) is 7.23. The minimum atomic E-state index is -0.159. The summed E-state index contributed by atoms with van der Waals surface area (Å²) in [5.41, 5.74) is 1.96. The Morgan fingerprint density at radius 2 is 1.85 bits per heavy atom. The maximum Gasteiger partial charge on any atom is 0.126 e. The van der Waals surface area contributed by atoms with Gasteiger partial charge in [-0.25, -0.2) is 4.98 Å². The SMILES string of the molecule is COc1ccc2cc(C(OC)c3c[nH]cn3)ccc2c1. The molecular weight excluding hydrogens is 252 g/mol. The van der Waals surface area contributed by atoms with Gasteiger partial charge in [0.05, 0.1) is 19.1 Å². The molecule has 0 amide bonds. The zero-order valence-corrected chi connectivity index (χ0v) is 11.5.